The monoisotopic (exact) mass is 304 g/mol. The van der Waals surface area contributed by atoms with Gasteiger partial charge < -0.3 is 4.57 Å². The summed E-state index contributed by atoms with van der Waals surface area (Å²) in [5.74, 6) is 0. The largest absolute Gasteiger partial charge is 0.349 e. The van der Waals surface area contributed by atoms with Crippen LogP contribution in [-0.2, 0) is 16.6 Å². The van der Waals surface area contributed by atoms with Gasteiger partial charge in [0, 0.05) is 25.0 Å². The van der Waals surface area contributed by atoms with E-state index < -0.39 is 10.0 Å². The first-order chi connectivity index (χ1) is 9.91. The molecule has 0 bridgehead atoms. The van der Waals surface area contributed by atoms with Gasteiger partial charge in [-0.2, -0.15) is 4.31 Å². The highest BCUT2D eigenvalue weighted by atomic mass is 32.2. The van der Waals surface area contributed by atoms with Crippen LogP contribution in [0.1, 0.15) is 29.8 Å². The van der Waals surface area contributed by atoms with Crippen LogP contribution in [0.25, 0.3) is 0 Å². The Hall–Kier alpha value is -1.59. The Kier molecular flexibility index (Phi) is 3.42. The molecular weight excluding hydrogens is 284 g/mol. The van der Waals surface area contributed by atoms with Crippen molar-refractivity contribution in [3.05, 3.63) is 53.3 Å². The fourth-order valence-electron chi connectivity index (χ4n) is 3.10. The van der Waals surface area contributed by atoms with Crippen LogP contribution in [0.3, 0.4) is 0 Å². The van der Waals surface area contributed by atoms with Gasteiger partial charge in [-0.25, -0.2) is 8.42 Å². The minimum absolute atomic E-state index is 0.139. The molecule has 0 radical (unpaired) electrons. The van der Waals surface area contributed by atoms with E-state index in [1.165, 1.54) is 0 Å². The number of nitrogens with zero attached hydrogens (tertiary/aromatic N) is 2. The zero-order valence-electron chi connectivity index (χ0n) is 12.6. The Bertz CT molecular complexity index is 777. The molecule has 0 unspecified atom stereocenters. The van der Waals surface area contributed by atoms with Crippen LogP contribution in [0.4, 0.5) is 0 Å². The Morgan fingerprint density at radius 2 is 1.90 bits per heavy atom. The summed E-state index contributed by atoms with van der Waals surface area (Å²) in [6.45, 7) is 7.00. The van der Waals surface area contributed by atoms with E-state index in [4.69, 9.17) is 0 Å². The number of sulfonamides is 1. The lowest BCUT2D eigenvalue weighted by Crippen LogP contribution is -2.40. The maximum atomic E-state index is 13.0. The number of aromatic nitrogens is 1. The van der Waals surface area contributed by atoms with E-state index in [1.54, 1.807) is 10.4 Å². The van der Waals surface area contributed by atoms with Gasteiger partial charge in [0.15, 0.2) is 0 Å². The molecule has 0 aliphatic carbocycles. The Morgan fingerprint density at radius 3 is 2.62 bits per heavy atom. The third-order valence-corrected chi connectivity index (χ3v) is 6.33. The van der Waals surface area contributed by atoms with Gasteiger partial charge >= 0.3 is 0 Å². The number of fused-ring (bicyclic) bond motifs is 1. The first-order valence-electron chi connectivity index (χ1n) is 7.15. The molecule has 112 valence electrons. The zero-order valence-corrected chi connectivity index (χ0v) is 13.4. The highest BCUT2D eigenvalue weighted by Gasteiger charge is 2.34. The lowest BCUT2D eigenvalue weighted by Gasteiger charge is -2.34. The van der Waals surface area contributed by atoms with Gasteiger partial charge in [-0.3, -0.25) is 0 Å². The topological polar surface area (TPSA) is 42.3 Å². The van der Waals surface area contributed by atoms with Crippen LogP contribution < -0.4 is 0 Å². The molecule has 1 aliphatic rings. The quantitative estimate of drug-likeness (QED) is 0.856. The summed E-state index contributed by atoms with van der Waals surface area (Å²) in [5.41, 5.74) is 2.93. The molecule has 1 aromatic carbocycles. The molecule has 2 aromatic rings. The second-order valence-corrected chi connectivity index (χ2v) is 7.55. The second kappa shape index (κ2) is 5.00. The number of aryl methyl sites for hydroxylation is 2. The lowest BCUT2D eigenvalue weighted by atomic mass is 10.2. The van der Waals surface area contributed by atoms with Gasteiger partial charge in [-0.05, 0) is 44.5 Å². The van der Waals surface area contributed by atoms with Gasteiger partial charge in [0.05, 0.1) is 10.9 Å². The minimum atomic E-state index is -3.46. The first-order valence-corrected chi connectivity index (χ1v) is 8.59. The molecule has 2 heterocycles. The van der Waals surface area contributed by atoms with E-state index in [9.17, 15) is 8.42 Å². The summed E-state index contributed by atoms with van der Waals surface area (Å²) in [6, 6.07) is 9.33. The summed E-state index contributed by atoms with van der Waals surface area (Å²) in [4.78, 5) is 0.417. The third kappa shape index (κ3) is 2.30. The fraction of sp³-hybridized carbons (Fsp3) is 0.375. The van der Waals surface area contributed by atoms with Gasteiger partial charge in [-0.15, -0.1) is 0 Å². The predicted molar refractivity (Wildman–Crippen MR) is 82.7 cm³/mol. The molecule has 1 aromatic heterocycles. The molecule has 0 saturated heterocycles. The molecule has 0 saturated carbocycles. The Balaban J connectivity index is 2.03. The van der Waals surface area contributed by atoms with Crippen LogP contribution in [0.5, 0.6) is 0 Å². The minimum Gasteiger partial charge on any atom is -0.349 e. The molecule has 1 atom stereocenters. The van der Waals surface area contributed by atoms with E-state index in [-0.39, 0.29) is 6.04 Å². The van der Waals surface area contributed by atoms with E-state index in [1.807, 2.05) is 51.2 Å². The molecule has 0 fully saturated rings. The maximum absolute atomic E-state index is 13.0. The molecule has 1 aliphatic heterocycles. The lowest BCUT2D eigenvalue weighted by molar-refractivity contribution is 0.282. The predicted octanol–water partition coefficient (Wildman–Crippen LogP) is 2.87. The van der Waals surface area contributed by atoms with Crippen LogP contribution in [-0.4, -0.2) is 23.8 Å². The number of hydrogen-bond donors (Lipinski definition) is 0. The van der Waals surface area contributed by atoms with Crippen LogP contribution >= 0.6 is 0 Å². The van der Waals surface area contributed by atoms with Gasteiger partial charge in [0.25, 0.3) is 0 Å². The summed E-state index contributed by atoms with van der Waals surface area (Å²) in [6.07, 6.45) is 2.01. The molecule has 5 heteroatoms. The van der Waals surface area contributed by atoms with E-state index in [0.29, 0.717) is 18.0 Å². The van der Waals surface area contributed by atoms with Crippen molar-refractivity contribution in [2.75, 3.05) is 6.54 Å². The van der Waals surface area contributed by atoms with Crippen molar-refractivity contribution in [1.29, 1.82) is 0 Å². The van der Waals surface area contributed by atoms with Crippen molar-refractivity contribution in [3.63, 3.8) is 0 Å². The summed E-state index contributed by atoms with van der Waals surface area (Å²) >= 11 is 0. The first kappa shape index (κ1) is 14.4. The molecule has 3 rings (SSSR count). The Labute approximate surface area is 126 Å². The summed E-state index contributed by atoms with van der Waals surface area (Å²) in [7, 11) is -3.46. The molecule has 4 nitrogen and oxygen atoms in total. The SMILES string of the molecule is Cc1ccc(S(=O)(=O)N2CCn3cccc3[C@@H]2C)c(C)c1. The van der Waals surface area contributed by atoms with E-state index >= 15 is 0 Å². The Morgan fingerprint density at radius 1 is 1.14 bits per heavy atom. The molecule has 0 spiro atoms. The molecule has 0 amide bonds. The molecule has 0 N–H and O–H groups in total. The smallest absolute Gasteiger partial charge is 0.243 e. The van der Waals surface area contributed by atoms with Crippen LogP contribution in [0.15, 0.2) is 41.4 Å². The third-order valence-electron chi connectivity index (χ3n) is 4.20. The summed E-state index contributed by atoms with van der Waals surface area (Å²) in [5, 5.41) is 0. The van der Waals surface area contributed by atoms with Crippen molar-refractivity contribution in [1.82, 2.24) is 8.87 Å². The van der Waals surface area contributed by atoms with E-state index in [0.717, 1.165) is 16.8 Å². The maximum Gasteiger partial charge on any atom is 0.243 e. The number of rotatable bonds is 2. The normalized spacial score (nSPS) is 19.5. The van der Waals surface area contributed by atoms with Gasteiger partial charge in [-0.1, -0.05) is 17.7 Å². The standard InChI is InChI=1S/C16H20N2O2S/c1-12-6-7-16(13(2)11-12)21(19,20)18-10-9-17-8-4-5-15(17)14(18)3/h4-8,11,14H,9-10H2,1-3H3/t14-/m0/s1. The number of benzene rings is 1. The zero-order chi connectivity index (χ0) is 15.2. The fourth-order valence-corrected chi connectivity index (χ4v) is 4.91. The van der Waals surface area contributed by atoms with Crippen molar-refractivity contribution in [2.24, 2.45) is 0 Å². The number of hydrogen-bond acceptors (Lipinski definition) is 2. The van der Waals surface area contributed by atoms with Crippen molar-refractivity contribution >= 4 is 10.0 Å². The molecule has 21 heavy (non-hydrogen) atoms. The van der Waals surface area contributed by atoms with Gasteiger partial charge in [0.2, 0.25) is 10.0 Å². The van der Waals surface area contributed by atoms with Crippen molar-refractivity contribution < 1.29 is 8.42 Å². The molecular formula is C16H20N2O2S. The average molecular weight is 304 g/mol. The second-order valence-electron chi connectivity index (χ2n) is 5.69. The van der Waals surface area contributed by atoms with Crippen LogP contribution in [0.2, 0.25) is 0 Å². The van der Waals surface area contributed by atoms with Crippen molar-refractivity contribution in [2.45, 2.75) is 38.3 Å². The van der Waals surface area contributed by atoms with Crippen LogP contribution in [0, 0.1) is 13.8 Å². The average Bonchev–Trinajstić information content (AvgIpc) is 2.87. The highest BCUT2D eigenvalue weighted by molar-refractivity contribution is 7.89. The highest BCUT2D eigenvalue weighted by Crippen LogP contribution is 2.32. The van der Waals surface area contributed by atoms with E-state index in [2.05, 4.69) is 4.57 Å². The van der Waals surface area contributed by atoms with Gasteiger partial charge in [0.1, 0.15) is 0 Å². The summed E-state index contributed by atoms with van der Waals surface area (Å²) < 4.78 is 29.7. The van der Waals surface area contributed by atoms with Crippen molar-refractivity contribution in [3.8, 4) is 0 Å².